The molecule has 1 fully saturated rings. The van der Waals surface area contributed by atoms with E-state index in [0.29, 0.717) is 0 Å². The van der Waals surface area contributed by atoms with E-state index in [1.807, 2.05) is 6.07 Å². The van der Waals surface area contributed by atoms with Gasteiger partial charge in [-0.1, -0.05) is 46.9 Å². The van der Waals surface area contributed by atoms with E-state index in [0.717, 1.165) is 28.4 Å². The van der Waals surface area contributed by atoms with Crippen LogP contribution >= 0.6 is 27.5 Å². The Hall–Kier alpha value is -0.0500. The number of benzene rings is 1. The molecule has 1 saturated carbocycles. The monoisotopic (exact) mass is 315 g/mol. The minimum absolute atomic E-state index is 0.275. The normalized spacial score (nSPS) is 28.6. The van der Waals surface area contributed by atoms with Crippen LogP contribution < -0.4 is 5.73 Å². The molecule has 0 spiro atoms. The van der Waals surface area contributed by atoms with Gasteiger partial charge >= 0.3 is 0 Å². The summed E-state index contributed by atoms with van der Waals surface area (Å²) < 4.78 is 1.04. The molecule has 0 bridgehead atoms. The number of nitrogens with two attached hydrogens (primary N) is 1. The van der Waals surface area contributed by atoms with Gasteiger partial charge in [-0.3, -0.25) is 0 Å². The maximum atomic E-state index is 6.29. The molecule has 0 aromatic heterocycles. The van der Waals surface area contributed by atoms with Gasteiger partial charge in [0.1, 0.15) is 0 Å². The number of hydrogen-bond acceptors (Lipinski definition) is 1. The summed E-state index contributed by atoms with van der Waals surface area (Å²) in [5, 5.41) is 0.853. The molecular formula is C14H19BrClN. The average molecular weight is 317 g/mol. The van der Waals surface area contributed by atoms with Crippen molar-refractivity contribution >= 4 is 27.5 Å². The summed E-state index contributed by atoms with van der Waals surface area (Å²) in [5.41, 5.74) is 7.51. The molecule has 1 nitrogen and oxygen atoms in total. The fraction of sp³-hybridized carbons (Fsp3) is 0.571. The SMILES string of the molecule is CC1CCC(CN)(Cc2ccc(Br)cc2Cl)C1. The van der Waals surface area contributed by atoms with E-state index < -0.39 is 0 Å². The highest BCUT2D eigenvalue weighted by Crippen LogP contribution is 2.44. The maximum absolute atomic E-state index is 6.29. The second-order valence-electron chi connectivity index (χ2n) is 5.46. The summed E-state index contributed by atoms with van der Waals surface area (Å²) in [5.74, 6) is 0.799. The van der Waals surface area contributed by atoms with Crippen LogP contribution in [-0.2, 0) is 6.42 Å². The summed E-state index contributed by atoms with van der Waals surface area (Å²) in [4.78, 5) is 0. The van der Waals surface area contributed by atoms with E-state index in [2.05, 4.69) is 35.0 Å². The van der Waals surface area contributed by atoms with E-state index >= 15 is 0 Å². The molecule has 0 amide bonds. The molecule has 2 N–H and O–H groups in total. The van der Waals surface area contributed by atoms with Gasteiger partial charge in [0.25, 0.3) is 0 Å². The zero-order valence-corrected chi connectivity index (χ0v) is 12.5. The van der Waals surface area contributed by atoms with Crippen LogP contribution in [0.15, 0.2) is 22.7 Å². The molecule has 1 aliphatic rings. The van der Waals surface area contributed by atoms with Crippen molar-refractivity contribution < 1.29 is 0 Å². The standard InChI is InChI=1S/C14H19BrClN/c1-10-4-5-14(7-10,9-17)8-11-2-3-12(15)6-13(11)16/h2-3,6,10H,4-5,7-9,17H2,1H3. The fourth-order valence-electron chi connectivity index (χ4n) is 2.98. The van der Waals surface area contributed by atoms with Crippen molar-refractivity contribution in [2.45, 2.75) is 32.6 Å². The molecule has 2 rings (SSSR count). The Morgan fingerprint density at radius 3 is 2.82 bits per heavy atom. The first-order valence-electron chi connectivity index (χ1n) is 6.19. The summed E-state index contributed by atoms with van der Waals surface area (Å²) in [7, 11) is 0. The second-order valence-corrected chi connectivity index (χ2v) is 6.79. The lowest BCUT2D eigenvalue weighted by Gasteiger charge is -2.28. The van der Waals surface area contributed by atoms with Crippen LogP contribution in [0.25, 0.3) is 0 Å². The summed E-state index contributed by atoms with van der Waals surface area (Å²) in [6.45, 7) is 3.09. The Bertz CT molecular complexity index is 407. The van der Waals surface area contributed by atoms with Crippen LogP contribution in [0.1, 0.15) is 31.7 Å². The van der Waals surface area contributed by atoms with Gasteiger partial charge in [0.15, 0.2) is 0 Å². The van der Waals surface area contributed by atoms with E-state index in [4.69, 9.17) is 17.3 Å². The third-order valence-corrected chi connectivity index (χ3v) is 4.81. The molecular weight excluding hydrogens is 298 g/mol. The van der Waals surface area contributed by atoms with Gasteiger partial charge in [-0.2, -0.15) is 0 Å². The molecule has 3 heteroatoms. The zero-order valence-electron chi connectivity index (χ0n) is 10.2. The van der Waals surface area contributed by atoms with Crippen LogP contribution in [0, 0.1) is 11.3 Å². The number of hydrogen-bond donors (Lipinski definition) is 1. The summed E-state index contributed by atoms with van der Waals surface area (Å²) >= 11 is 9.73. The van der Waals surface area contributed by atoms with Crippen LogP contribution in [0.4, 0.5) is 0 Å². The first-order valence-corrected chi connectivity index (χ1v) is 7.36. The smallest absolute Gasteiger partial charge is 0.0449 e. The number of rotatable bonds is 3. The van der Waals surface area contributed by atoms with Gasteiger partial charge in [0, 0.05) is 9.50 Å². The predicted molar refractivity (Wildman–Crippen MR) is 77.4 cm³/mol. The van der Waals surface area contributed by atoms with Crippen molar-refractivity contribution in [3.63, 3.8) is 0 Å². The predicted octanol–water partition coefficient (Wildman–Crippen LogP) is 4.41. The van der Waals surface area contributed by atoms with Crippen molar-refractivity contribution in [3.8, 4) is 0 Å². The van der Waals surface area contributed by atoms with Crippen molar-refractivity contribution in [2.24, 2.45) is 17.1 Å². The molecule has 1 aromatic carbocycles. The third kappa shape index (κ3) is 3.04. The lowest BCUT2D eigenvalue weighted by atomic mass is 9.79. The quantitative estimate of drug-likeness (QED) is 0.878. The molecule has 0 saturated heterocycles. The van der Waals surface area contributed by atoms with E-state index in [1.54, 1.807) is 0 Å². The Morgan fingerprint density at radius 1 is 1.53 bits per heavy atom. The minimum atomic E-state index is 0.275. The highest BCUT2D eigenvalue weighted by molar-refractivity contribution is 9.10. The Kier molecular flexibility index (Phi) is 4.17. The Labute approximate surface area is 117 Å². The van der Waals surface area contributed by atoms with Crippen molar-refractivity contribution in [1.29, 1.82) is 0 Å². The van der Waals surface area contributed by atoms with Gasteiger partial charge in [-0.15, -0.1) is 0 Å². The van der Waals surface area contributed by atoms with Gasteiger partial charge in [-0.25, -0.2) is 0 Å². The molecule has 1 aliphatic carbocycles. The van der Waals surface area contributed by atoms with Crippen molar-refractivity contribution in [2.75, 3.05) is 6.54 Å². The van der Waals surface area contributed by atoms with Crippen LogP contribution in [0.2, 0.25) is 5.02 Å². The minimum Gasteiger partial charge on any atom is -0.330 e. The first kappa shape index (κ1) is 13.4. The van der Waals surface area contributed by atoms with Gasteiger partial charge in [0.2, 0.25) is 0 Å². The van der Waals surface area contributed by atoms with Gasteiger partial charge in [-0.05, 0) is 54.8 Å². The molecule has 1 aromatic rings. The topological polar surface area (TPSA) is 26.0 Å². The summed E-state index contributed by atoms with van der Waals surface area (Å²) in [6, 6.07) is 6.15. The van der Waals surface area contributed by atoms with Crippen molar-refractivity contribution in [1.82, 2.24) is 0 Å². The largest absolute Gasteiger partial charge is 0.330 e. The second kappa shape index (κ2) is 5.29. The lowest BCUT2D eigenvalue weighted by Crippen LogP contribution is -2.30. The highest BCUT2D eigenvalue weighted by Gasteiger charge is 2.36. The van der Waals surface area contributed by atoms with Gasteiger partial charge in [0.05, 0.1) is 0 Å². The first-order chi connectivity index (χ1) is 8.04. The van der Waals surface area contributed by atoms with Gasteiger partial charge < -0.3 is 5.73 Å². The van der Waals surface area contributed by atoms with Crippen LogP contribution in [0.3, 0.4) is 0 Å². The molecule has 2 atom stereocenters. The van der Waals surface area contributed by atoms with Crippen molar-refractivity contribution in [3.05, 3.63) is 33.3 Å². The Morgan fingerprint density at radius 2 is 2.29 bits per heavy atom. The zero-order chi connectivity index (χ0) is 12.5. The summed E-state index contributed by atoms with van der Waals surface area (Å²) in [6.07, 6.45) is 4.78. The average Bonchev–Trinajstić information content (AvgIpc) is 2.65. The van der Waals surface area contributed by atoms with E-state index in [1.165, 1.54) is 24.8 Å². The van der Waals surface area contributed by atoms with E-state index in [9.17, 15) is 0 Å². The molecule has 0 radical (unpaired) electrons. The molecule has 2 unspecified atom stereocenters. The Balaban J connectivity index is 2.19. The fourth-order valence-corrected chi connectivity index (χ4v) is 3.72. The van der Waals surface area contributed by atoms with Crippen LogP contribution in [0.5, 0.6) is 0 Å². The molecule has 0 heterocycles. The van der Waals surface area contributed by atoms with E-state index in [-0.39, 0.29) is 5.41 Å². The molecule has 0 aliphatic heterocycles. The lowest BCUT2D eigenvalue weighted by molar-refractivity contribution is 0.296. The molecule has 17 heavy (non-hydrogen) atoms. The van der Waals surface area contributed by atoms with Crippen LogP contribution in [-0.4, -0.2) is 6.54 Å². The number of halogens is 2. The highest BCUT2D eigenvalue weighted by atomic mass is 79.9. The molecule has 94 valence electrons. The maximum Gasteiger partial charge on any atom is 0.0449 e. The third-order valence-electron chi connectivity index (χ3n) is 3.96.